The number of nitrogens with one attached hydrogen (secondary N) is 1. The van der Waals surface area contributed by atoms with Crippen molar-refractivity contribution in [1.29, 1.82) is 0 Å². The van der Waals surface area contributed by atoms with Gasteiger partial charge in [0.2, 0.25) is 0 Å². The minimum Gasteiger partial charge on any atom is -0.396 e. The van der Waals surface area contributed by atoms with Crippen molar-refractivity contribution in [2.45, 2.75) is 0 Å². The highest BCUT2D eigenvalue weighted by atomic mass is 19.1. The molecule has 100 valence electrons. The largest absolute Gasteiger partial charge is 0.396 e. The molecule has 0 heterocycles. The van der Waals surface area contributed by atoms with Gasteiger partial charge in [0.15, 0.2) is 5.82 Å². The van der Waals surface area contributed by atoms with Gasteiger partial charge in [-0.2, -0.15) is 0 Å². The van der Waals surface area contributed by atoms with Crippen LogP contribution in [-0.2, 0) is 0 Å². The topological polar surface area (TPSA) is 55.1 Å². The first-order chi connectivity index (χ1) is 9.52. The number of rotatable bonds is 2. The number of nitrogen functional groups attached to an aromatic ring is 1. The van der Waals surface area contributed by atoms with Crippen LogP contribution in [0.1, 0.15) is 15.9 Å². The predicted molar refractivity (Wildman–Crippen MR) is 73.1 cm³/mol. The fraction of sp³-hybridized carbons (Fsp3) is 0. The van der Waals surface area contributed by atoms with Crippen LogP contribution in [0.5, 0.6) is 0 Å². The Bertz CT molecular complexity index is 720. The van der Waals surface area contributed by atoms with Crippen LogP contribution in [0.15, 0.2) is 36.4 Å². The van der Waals surface area contributed by atoms with E-state index < -0.39 is 23.1 Å². The van der Waals surface area contributed by atoms with Gasteiger partial charge in [-0.15, -0.1) is 6.42 Å². The number of carbonyl (C=O) groups is 1. The number of anilines is 2. The molecule has 2 aromatic carbocycles. The Morgan fingerprint density at radius 1 is 1.25 bits per heavy atom. The van der Waals surface area contributed by atoms with E-state index >= 15 is 0 Å². The van der Waals surface area contributed by atoms with Crippen molar-refractivity contribution in [1.82, 2.24) is 0 Å². The number of hydrogen-bond donors (Lipinski definition) is 2. The summed E-state index contributed by atoms with van der Waals surface area (Å²) in [6.45, 7) is 0. The molecule has 0 aliphatic carbocycles. The summed E-state index contributed by atoms with van der Waals surface area (Å²) < 4.78 is 27.2. The third kappa shape index (κ3) is 2.59. The monoisotopic (exact) mass is 272 g/mol. The highest BCUT2D eigenvalue weighted by Gasteiger charge is 2.19. The summed E-state index contributed by atoms with van der Waals surface area (Å²) in [7, 11) is 0. The Labute approximate surface area is 114 Å². The molecule has 20 heavy (non-hydrogen) atoms. The molecule has 0 fully saturated rings. The standard InChI is InChI=1S/C15H10F2N2O/c1-2-9-4-3-5-10(8-9)19-15(20)13-11(16)6-7-12(18)14(13)17/h1,3-8H,18H2,(H,19,20). The Morgan fingerprint density at radius 3 is 2.70 bits per heavy atom. The molecule has 0 unspecified atom stereocenters. The van der Waals surface area contributed by atoms with E-state index in [0.717, 1.165) is 12.1 Å². The second kappa shape index (κ2) is 5.41. The van der Waals surface area contributed by atoms with Gasteiger partial charge >= 0.3 is 0 Å². The van der Waals surface area contributed by atoms with Gasteiger partial charge in [-0.1, -0.05) is 12.0 Å². The van der Waals surface area contributed by atoms with Crippen LogP contribution in [0.4, 0.5) is 20.2 Å². The molecule has 0 saturated carbocycles. The normalized spacial score (nSPS) is 9.85. The average molecular weight is 272 g/mol. The van der Waals surface area contributed by atoms with Crippen LogP contribution in [0, 0.1) is 24.0 Å². The van der Waals surface area contributed by atoms with Gasteiger partial charge in [-0.3, -0.25) is 4.79 Å². The fourth-order valence-corrected chi connectivity index (χ4v) is 1.66. The van der Waals surface area contributed by atoms with Gasteiger partial charge < -0.3 is 11.1 Å². The maximum Gasteiger partial charge on any atom is 0.261 e. The summed E-state index contributed by atoms with van der Waals surface area (Å²) in [4.78, 5) is 11.9. The van der Waals surface area contributed by atoms with Crippen LogP contribution in [-0.4, -0.2) is 5.91 Å². The lowest BCUT2D eigenvalue weighted by Gasteiger charge is -2.08. The molecule has 0 bridgehead atoms. The molecule has 0 aliphatic rings. The molecule has 1 amide bonds. The van der Waals surface area contributed by atoms with Gasteiger partial charge in [0, 0.05) is 11.3 Å². The van der Waals surface area contributed by atoms with E-state index in [2.05, 4.69) is 11.2 Å². The van der Waals surface area contributed by atoms with Crippen LogP contribution in [0.2, 0.25) is 0 Å². The van der Waals surface area contributed by atoms with Crippen LogP contribution in [0.3, 0.4) is 0 Å². The number of hydrogen-bond acceptors (Lipinski definition) is 2. The van der Waals surface area contributed by atoms with E-state index in [1.54, 1.807) is 18.2 Å². The Balaban J connectivity index is 2.34. The summed E-state index contributed by atoms with van der Waals surface area (Å²) in [5, 5.41) is 2.37. The Kier molecular flexibility index (Phi) is 3.67. The maximum absolute atomic E-state index is 13.7. The molecule has 0 saturated heterocycles. The highest BCUT2D eigenvalue weighted by molar-refractivity contribution is 6.05. The van der Waals surface area contributed by atoms with Crippen LogP contribution in [0.25, 0.3) is 0 Å². The van der Waals surface area contributed by atoms with Crippen LogP contribution < -0.4 is 11.1 Å². The quantitative estimate of drug-likeness (QED) is 0.652. The average Bonchev–Trinajstić information content (AvgIpc) is 2.43. The van der Waals surface area contributed by atoms with Crippen molar-refractivity contribution < 1.29 is 13.6 Å². The Hall–Kier alpha value is -2.87. The van der Waals surface area contributed by atoms with E-state index in [0.29, 0.717) is 11.3 Å². The third-order valence-electron chi connectivity index (χ3n) is 2.64. The number of nitrogens with two attached hydrogens (primary N) is 1. The first-order valence-electron chi connectivity index (χ1n) is 5.64. The number of halogens is 2. The van der Waals surface area contributed by atoms with Crippen LogP contribution >= 0.6 is 0 Å². The second-order valence-electron chi connectivity index (χ2n) is 4.00. The SMILES string of the molecule is C#Cc1cccc(NC(=O)c2c(F)ccc(N)c2F)c1. The zero-order valence-corrected chi connectivity index (χ0v) is 10.3. The molecule has 0 aliphatic heterocycles. The molecule has 2 aromatic rings. The minimum absolute atomic E-state index is 0.297. The lowest BCUT2D eigenvalue weighted by atomic mass is 10.1. The van der Waals surface area contributed by atoms with E-state index in [-0.39, 0.29) is 5.69 Å². The summed E-state index contributed by atoms with van der Waals surface area (Å²) >= 11 is 0. The van der Waals surface area contributed by atoms with E-state index in [1.165, 1.54) is 6.07 Å². The first-order valence-corrected chi connectivity index (χ1v) is 5.64. The third-order valence-corrected chi connectivity index (χ3v) is 2.64. The summed E-state index contributed by atoms with van der Waals surface area (Å²) in [5.74, 6) is -0.608. The number of benzene rings is 2. The van der Waals surface area contributed by atoms with E-state index in [4.69, 9.17) is 12.2 Å². The highest BCUT2D eigenvalue weighted by Crippen LogP contribution is 2.20. The van der Waals surface area contributed by atoms with Crippen molar-refractivity contribution in [3.05, 3.63) is 59.2 Å². The van der Waals surface area contributed by atoms with Crippen molar-refractivity contribution in [2.75, 3.05) is 11.1 Å². The molecule has 3 N–H and O–H groups in total. The van der Waals surface area contributed by atoms with Crippen molar-refractivity contribution in [3.63, 3.8) is 0 Å². The van der Waals surface area contributed by atoms with Gasteiger partial charge in [0.25, 0.3) is 5.91 Å². The van der Waals surface area contributed by atoms with Gasteiger partial charge in [0.05, 0.1) is 5.69 Å². The smallest absolute Gasteiger partial charge is 0.261 e. The number of terminal acetylenes is 1. The molecule has 5 heteroatoms. The lowest BCUT2D eigenvalue weighted by Crippen LogP contribution is -2.16. The molecular formula is C15H10F2N2O. The summed E-state index contributed by atoms with van der Waals surface area (Å²) in [6, 6.07) is 8.35. The van der Waals surface area contributed by atoms with Crippen molar-refractivity contribution >= 4 is 17.3 Å². The minimum atomic E-state index is -1.09. The van der Waals surface area contributed by atoms with Crippen molar-refractivity contribution in [3.8, 4) is 12.3 Å². The molecule has 0 aromatic heterocycles. The zero-order valence-electron chi connectivity index (χ0n) is 10.3. The molecule has 0 atom stereocenters. The molecule has 0 spiro atoms. The molecule has 2 rings (SSSR count). The number of amides is 1. The first kappa shape index (κ1) is 13.6. The zero-order chi connectivity index (χ0) is 14.7. The van der Waals surface area contributed by atoms with E-state index in [9.17, 15) is 13.6 Å². The number of carbonyl (C=O) groups excluding carboxylic acids is 1. The van der Waals surface area contributed by atoms with Crippen molar-refractivity contribution in [2.24, 2.45) is 0 Å². The van der Waals surface area contributed by atoms with Gasteiger partial charge in [-0.25, -0.2) is 8.78 Å². The van der Waals surface area contributed by atoms with Gasteiger partial charge in [-0.05, 0) is 30.3 Å². The molecule has 0 radical (unpaired) electrons. The molecular weight excluding hydrogens is 262 g/mol. The fourth-order valence-electron chi connectivity index (χ4n) is 1.66. The summed E-state index contributed by atoms with van der Waals surface area (Å²) in [6.07, 6.45) is 5.23. The predicted octanol–water partition coefficient (Wildman–Crippen LogP) is 2.78. The van der Waals surface area contributed by atoms with Gasteiger partial charge in [0.1, 0.15) is 11.4 Å². The second-order valence-corrected chi connectivity index (χ2v) is 4.00. The lowest BCUT2D eigenvalue weighted by molar-refractivity contribution is 0.101. The molecule has 3 nitrogen and oxygen atoms in total. The van der Waals surface area contributed by atoms with E-state index in [1.807, 2.05) is 0 Å². The summed E-state index contributed by atoms with van der Waals surface area (Å²) in [5.41, 5.74) is 5.17. The maximum atomic E-state index is 13.7. The Morgan fingerprint density at radius 2 is 2.00 bits per heavy atom.